The lowest BCUT2D eigenvalue weighted by atomic mass is 10.1. The average molecular weight is 453 g/mol. The summed E-state index contributed by atoms with van der Waals surface area (Å²) in [5.74, 6) is 0.0654. The van der Waals surface area contributed by atoms with E-state index in [4.69, 9.17) is 4.74 Å². The maximum Gasteiger partial charge on any atom is 0.264 e. The molecule has 3 rings (SSSR count). The van der Waals surface area contributed by atoms with E-state index >= 15 is 0 Å². The molecule has 0 aromatic heterocycles. The molecule has 6 nitrogen and oxygen atoms in total. The molecule has 0 heterocycles. The molecule has 0 bridgehead atoms. The van der Waals surface area contributed by atoms with E-state index < -0.39 is 15.9 Å². The highest BCUT2D eigenvalue weighted by atomic mass is 32.2. The fourth-order valence-electron chi connectivity index (χ4n) is 3.39. The van der Waals surface area contributed by atoms with E-state index in [0.717, 1.165) is 21.0 Å². The minimum atomic E-state index is -3.97. The molecule has 0 fully saturated rings. The largest absolute Gasteiger partial charge is 0.492 e. The summed E-state index contributed by atoms with van der Waals surface area (Å²) in [5.41, 5.74) is 3.68. The van der Waals surface area contributed by atoms with E-state index in [2.05, 4.69) is 5.32 Å². The molecule has 0 aliphatic heterocycles. The monoisotopic (exact) mass is 452 g/mol. The molecule has 0 atom stereocenters. The molecule has 0 unspecified atom stereocenters. The van der Waals surface area contributed by atoms with Crippen molar-refractivity contribution in [3.8, 4) is 5.75 Å². The Bertz CT molecular complexity index is 1200. The lowest BCUT2D eigenvalue weighted by Gasteiger charge is -2.26. The Balaban J connectivity index is 1.98. The van der Waals surface area contributed by atoms with Gasteiger partial charge in [0, 0.05) is 0 Å². The summed E-state index contributed by atoms with van der Waals surface area (Å²) in [6.07, 6.45) is 0. The van der Waals surface area contributed by atoms with E-state index in [-0.39, 0.29) is 11.4 Å². The topological polar surface area (TPSA) is 75.7 Å². The highest BCUT2D eigenvalue weighted by Crippen LogP contribution is 2.29. The molecule has 0 aliphatic rings. The summed E-state index contributed by atoms with van der Waals surface area (Å²) < 4.78 is 33.8. The molecule has 3 aromatic rings. The number of nitrogens with one attached hydrogen (secondary N) is 1. The Morgan fingerprint density at radius 1 is 0.938 bits per heavy atom. The third-order valence-corrected chi connectivity index (χ3v) is 6.75. The number of carbonyl (C=O) groups excluding carboxylic acids is 1. The third kappa shape index (κ3) is 5.29. The van der Waals surface area contributed by atoms with Crippen LogP contribution in [0.1, 0.15) is 23.6 Å². The molecule has 0 radical (unpaired) electrons. The zero-order chi connectivity index (χ0) is 23.3. The van der Waals surface area contributed by atoms with Gasteiger partial charge in [-0.1, -0.05) is 47.5 Å². The van der Waals surface area contributed by atoms with E-state index in [1.54, 1.807) is 48.5 Å². The summed E-state index contributed by atoms with van der Waals surface area (Å²) in [5, 5.41) is 2.79. The highest BCUT2D eigenvalue weighted by Gasteiger charge is 2.28. The summed E-state index contributed by atoms with van der Waals surface area (Å²) in [7, 11) is -3.97. The number of amides is 1. The molecule has 7 heteroatoms. The van der Waals surface area contributed by atoms with Crippen molar-refractivity contribution in [2.75, 3.05) is 22.8 Å². The second kappa shape index (κ2) is 9.87. The van der Waals surface area contributed by atoms with Gasteiger partial charge >= 0.3 is 0 Å². The van der Waals surface area contributed by atoms with Gasteiger partial charge in [-0.2, -0.15) is 0 Å². The summed E-state index contributed by atoms with van der Waals surface area (Å²) >= 11 is 0. The molecular formula is C25H28N2O4S. The molecule has 32 heavy (non-hydrogen) atoms. The van der Waals surface area contributed by atoms with Crippen molar-refractivity contribution >= 4 is 27.3 Å². The van der Waals surface area contributed by atoms with Crippen LogP contribution in [0.2, 0.25) is 0 Å². The second-order valence-electron chi connectivity index (χ2n) is 7.59. The lowest BCUT2D eigenvalue weighted by Crippen LogP contribution is -2.38. The zero-order valence-corrected chi connectivity index (χ0v) is 19.6. The van der Waals surface area contributed by atoms with Crippen molar-refractivity contribution in [2.24, 2.45) is 0 Å². The molecule has 0 saturated carbocycles. The number of hydrogen-bond donors (Lipinski definition) is 1. The van der Waals surface area contributed by atoms with Crippen LogP contribution in [-0.2, 0) is 14.8 Å². The Hall–Kier alpha value is -3.32. The summed E-state index contributed by atoms with van der Waals surface area (Å²) in [4.78, 5) is 13.1. The van der Waals surface area contributed by atoms with Crippen LogP contribution >= 0.6 is 0 Å². The van der Waals surface area contributed by atoms with Gasteiger partial charge in [-0.25, -0.2) is 8.42 Å². The van der Waals surface area contributed by atoms with Gasteiger partial charge in [-0.15, -0.1) is 0 Å². The maximum absolute atomic E-state index is 13.6. The number of rotatable bonds is 8. The SMILES string of the molecule is CCOc1ccccc1NC(=O)CN(c1ccc(C)cc1C)S(=O)(=O)c1ccc(C)cc1. The lowest BCUT2D eigenvalue weighted by molar-refractivity contribution is -0.114. The number of nitrogens with zero attached hydrogens (tertiary/aromatic N) is 1. The Morgan fingerprint density at radius 2 is 1.59 bits per heavy atom. The summed E-state index contributed by atoms with van der Waals surface area (Å²) in [6.45, 7) is 7.59. The molecular weight excluding hydrogens is 424 g/mol. The van der Waals surface area contributed by atoms with Crippen LogP contribution in [0.25, 0.3) is 0 Å². The average Bonchev–Trinajstić information content (AvgIpc) is 2.74. The molecule has 1 amide bonds. The number of carbonyl (C=O) groups is 1. The van der Waals surface area contributed by atoms with Crippen molar-refractivity contribution in [1.82, 2.24) is 0 Å². The third-order valence-electron chi connectivity index (χ3n) is 4.98. The fourth-order valence-corrected chi connectivity index (χ4v) is 4.88. The second-order valence-corrected chi connectivity index (χ2v) is 9.45. The maximum atomic E-state index is 13.6. The van der Waals surface area contributed by atoms with Gasteiger partial charge in [0.2, 0.25) is 5.91 Å². The molecule has 0 spiro atoms. The molecule has 3 aromatic carbocycles. The first-order valence-corrected chi connectivity index (χ1v) is 11.8. The smallest absolute Gasteiger partial charge is 0.264 e. The van der Waals surface area contributed by atoms with Crippen LogP contribution in [0.5, 0.6) is 5.75 Å². The van der Waals surface area contributed by atoms with Crippen LogP contribution in [0.15, 0.2) is 71.6 Å². The highest BCUT2D eigenvalue weighted by molar-refractivity contribution is 7.92. The minimum absolute atomic E-state index is 0.130. The Morgan fingerprint density at radius 3 is 2.25 bits per heavy atom. The predicted molar refractivity (Wildman–Crippen MR) is 128 cm³/mol. The molecule has 0 aliphatic carbocycles. The van der Waals surface area contributed by atoms with Crippen LogP contribution in [0, 0.1) is 20.8 Å². The van der Waals surface area contributed by atoms with Crippen LogP contribution in [0.3, 0.4) is 0 Å². The van der Waals surface area contributed by atoms with Crippen molar-refractivity contribution in [3.63, 3.8) is 0 Å². The van der Waals surface area contributed by atoms with Gasteiger partial charge in [0.15, 0.2) is 0 Å². The van der Waals surface area contributed by atoms with Gasteiger partial charge in [0.1, 0.15) is 12.3 Å². The number of aryl methyl sites for hydroxylation is 3. The summed E-state index contributed by atoms with van der Waals surface area (Å²) in [6, 6.07) is 19.1. The number of para-hydroxylation sites is 2. The number of hydrogen-bond acceptors (Lipinski definition) is 4. The van der Waals surface area contributed by atoms with Crippen molar-refractivity contribution < 1.29 is 17.9 Å². The van der Waals surface area contributed by atoms with Gasteiger partial charge in [0.25, 0.3) is 10.0 Å². The first-order chi connectivity index (χ1) is 15.2. The fraction of sp³-hybridized carbons (Fsp3) is 0.240. The first kappa shape index (κ1) is 23.3. The van der Waals surface area contributed by atoms with Crippen molar-refractivity contribution in [1.29, 1.82) is 0 Å². The standard InChI is InChI=1S/C25H28N2O4S/c1-5-31-24-9-7-6-8-22(24)26-25(28)17-27(23-15-12-19(3)16-20(23)4)32(29,30)21-13-10-18(2)11-14-21/h6-16H,5,17H2,1-4H3,(H,26,28). The first-order valence-electron chi connectivity index (χ1n) is 10.4. The molecule has 1 N–H and O–H groups in total. The van der Waals surface area contributed by atoms with Crippen molar-refractivity contribution in [2.45, 2.75) is 32.6 Å². The van der Waals surface area contributed by atoms with Gasteiger partial charge in [-0.3, -0.25) is 9.10 Å². The van der Waals surface area contributed by atoms with Gasteiger partial charge in [-0.05, 0) is 63.6 Å². The number of sulfonamides is 1. The van der Waals surface area contributed by atoms with E-state index in [1.165, 1.54) is 0 Å². The number of benzene rings is 3. The van der Waals surface area contributed by atoms with Gasteiger partial charge in [0.05, 0.1) is 22.9 Å². The molecule has 0 saturated heterocycles. The zero-order valence-electron chi connectivity index (χ0n) is 18.8. The molecule has 168 valence electrons. The van der Waals surface area contributed by atoms with Crippen LogP contribution in [0.4, 0.5) is 11.4 Å². The van der Waals surface area contributed by atoms with Crippen LogP contribution < -0.4 is 14.4 Å². The normalized spacial score (nSPS) is 11.1. The Kier molecular flexibility index (Phi) is 7.20. The van der Waals surface area contributed by atoms with E-state index in [0.29, 0.717) is 23.7 Å². The van der Waals surface area contributed by atoms with Crippen LogP contribution in [-0.4, -0.2) is 27.5 Å². The van der Waals surface area contributed by atoms with Crippen molar-refractivity contribution in [3.05, 3.63) is 83.4 Å². The predicted octanol–water partition coefficient (Wildman–Crippen LogP) is 4.84. The van der Waals surface area contributed by atoms with E-state index in [1.807, 2.05) is 45.9 Å². The number of ether oxygens (including phenoxy) is 1. The minimum Gasteiger partial charge on any atom is -0.492 e. The number of anilines is 2. The van der Waals surface area contributed by atoms with E-state index in [9.17, 15) is 13.2 Å². The van der Waals surface area contributed by atoms with Gasteiger partial charge < -0.3 is 10.1 Å². The Labute approximate surface area is 189 Å². The quantitative estimate of drug-likeness (QED) is 0.530.